The molecule has 8 heteroatoms. The van der Waals surface area contributed by atoms with E-state index in [0.29, 0.717) is 12.1 Å². The smallest absolute Gasteiger partial charge is 0.325 e. The summed E-state index contributed by atoms with van der Waals surface area (Å²) in [4.78, 5) is 22.7. The number of rotatable bonds is 8. The van der Waals surface area contributed by atoms with Gasteiger partial charge in [0.25, 0.3) is 0 Å². The number of nitrogens with one attached hydrogen (secondary N) is 1. The van der Waals surface area contributed by atoms with E-state index in [4.69, 9.17) is 9.84 Å². The molecule has 1 aromatic heterocycles. The van der Waals surface area contributed by atoms with E-state index in [9.17, 15) is 9.59 Å². The van der Waals surface area contributed by atoms with E-state index in [0.717, 1.165) is 11.3 Å². The molecule has 0 aliphatic rings. The fraction of sp³-hybridized carbons (Fsp3) is 0.375. The van der Waals surface area contributed by atoms with Crippen LogP contribution in [-0.4, -0.2) is 39.1 Å². The van der Waals surface area contributed by atoms with Crippen molar-refractivity contribution in [2.24, 2.45) is 0 Å². The summed E-state index contributed by atoms with van der Waals surface area (Å²) >= 11 is 0. The lowest BCUT2D eigenvalue weighted by atomic mass is 9.96. The SMILES string of the molecule is COc1ccccc1C(C)CC(=O)NCc1cn(CC(=O)O)nn1. The number of methoxy groups -OCH3 is 1. The molecule has 0 aliphatic heterocycles. The molecule has 0 saturated heterocycles. The lowest BCUT2D eigenvalue weighted by Crippen LogP contribution is -2.24. The highest BCUT2D eigenvalue weighted by atomic mass is 16.5. The Hall–Kier alpha value is -2.90. The van der Waals surface area contributed by atoms with Crippen molar-refractivity contribution < 1.29 is 19.4 Å². The molecule has 1 unspecified atom stereocenters. The third kappa shape index (κ3) is 4.80. The first-order chi connectivity index (χ1) is 11.5. The van der Waals surface area contributed by atoms with Crippen LogP contribution in [0.2, 0.25) is 0 Å². The van der Waals surface area contributed by atoms with Crippen LogP contribution in [0.3, 0.4) is 0 Å². The summed E-state index contributed by atoms with van der Waals surface area (Å²) < 4.78 is 6.52. The minimum atomic E-state index is -0.999. The lowest BCUT2D eigenvalue weighted by molar-refractivity contribution is -0.138. The first kappa shape index (κ1) is 17.5. The second-order valence-electron chi connectivity index (χ2n) is 5.43. The predicted molar refractivity (Wildman–Crippen MR) is 85.5 cm³/mol. The Balaban J connectivity index is 1.86. The number of ether oxygens (including phenoxy) is 1. The Morgan fingerprint density at radius 1 is 1.38 bits per heavy atom. The van der Waals surface area contributed by atoms with Gasteiger partial charge >= 0.3 is 5.97 Å². The number of carbonyl (C=O) groups is 2. The van der Waals surface area contributed by atoms with E-state index in [1.165, 1.54) is 10.9 Å². The van der Waals surface area contributed by atoms with Crippen molar-refractivity contribution >= 4 is 11.9 Å². The molecular formula is C16H20N4O4. The molecule has 1 aromatic carbocycles. The molecule has 0 aliphatic carbocycles. The Morgan fingerprint density at radius 2 is 2.12 bits per heavy atom. The van der Waals surface area contributed by atoms with Gasteiger partial charge in [-0.3, -0.25) is 9.59 Å². The molecule has 0 fully saturated rings. The summed E-state index contributed by atoms with van der Waals surface area (Å²) in [6, 6.07) is 7.60. The number of aromatic nitrogens is 3. The van der Waals surface area contributed by atoms with E-state index in [-0.39, 0.29) is 24.9 Å². The number of aliphatic carboxylic acids is 1. The van der Waals surface area contributed by atoms with Gasteiger partial charge in [0, 0.05) is 6.42 Å². The van der Waals surface area contributed by atoms with Gasteiger partial charge in [-0.1, -0.05) is 30.3 Å². The number of nitrogens with zero attached hydrogens (tertiary/aromatic N) is 3. The van der Waals surface area contributed by atoms with Gasteiger partial charge in [0.1, 0.15) is 18.0 Å². The summed E-state index contributed by atoms with van der Waals surface area (Å²) in [5, 5.41) is 18.9. The monoisotopic (exact) mass is 332 g/mol. The average molecular weight is 332 g/mol. The minimum Gasteiger partial charge on any atom is -0.496 e. The minimum absolute atomic E-state index is 0.00356. The van der Waals surface area contributed by atoms with E-state index in [2.05, 4.69) is 15.6 Å². The number of benzene rings is 1. The lowest BCUT2D eigenvalue weighted by Gasteiger charge is -2.15. The Bertz CT molecular complexity index is 714. The van der Waals surface area contributed by atoms with Crippen molar-refractivity contribution in [1.82, 2.24) is 20.3 Å². The maximum Gasteiger partial charge on any atom is 0.325 e. The van der Waals surface area contributed by atoms with Crippen molar-refractivity contribution in [3.63, 3.8) is 0 Å². The molecule has 0 spiro atoms. The number of amides is 1. The van der Waals surface area contributed by atoms with E-state index in [1.54, 1.807) is 7.11 Å². The largest absolute Gasteiger partial charge is 0.496 e. The normalized spacial score (nSPS) is 11.8. The maximum atomic E-state index is 12.1. The van der Waals surface area contributed by atoms with Crippen LogP contribution in [0, 0.1) is 0 Å². The standard InChI is InChI=1S/C16H20N4O4/c1-11(13-5-3-4-6-14(13)24-2)7-15(21)17-8-12-9-20(19-18-12)10-16(22)23/h3-6,9,11H,7-8,10H2,1-2H3,(H,17,21)(H,22,23). The molecule has 8 nitrogen and oxygen atoms in total. The Labute approximate surface area is 139 Å². The third-order valence-electron chi connectivity index (χ3n) is 3.51. The molecule has 1 atom stereocenters. The molecule has 0 bridgehead atoms. The van der Waals surface area contributed by atoms with Gasteiger partial charge in [-0.25, -0.2) is 4.68 Å². The number of carboxylic acid groups (broad SMARTS) is 1. The highest BCUT2D eigenvalue weighted by molar-refractivity contribution is 5.76. The van der Waals surface area contributed by atoms with Crippen LogP contribution in [0.4, 0.5) is 0 Å². The average Bonchev–Trinajstić information content (AvgIpc) is 2.99. The van der Waals surface area contributed by atoms with Crippen molar-refractivity contribution in [2.45, 2.75) is 32.4 Å². The number of hydrogen-bond acceptors (Lipinski definition) is 5. The van der Waals surface area contributed by atoms with Crippen LogP contribution < -0.4 is 10.1 Å². The molecular weight excluding hydrogens is 312 g/mol. The first-order valence-electron chi connectivity index (χ1n) is 7.50. The van der Waals surface area contributed by atoms with E-state index in [1.807, 2.05) is 31.2 Å². The van der Waals surface area contributed by atoms with Gasteiger partial charge in [0.2, 0.25) is 5.91 Å². The van der Waals surface area contributed by atoms with Crippen LogP contribution in [0.15, 0.2) is 30.5 Å². The maximum absolute atomic E-state index is 12.1. The number of carbonyl (C=O) groups excluding carboxylic acids is 1. The van der Waals surface area contributed by atoms with Crippen molar-refractivity contribution in [3.8, 4) is 5.75 Å². The fourth-order valence-electron chi connectivity index (χ4n) is 2.36. The van der Waals surface area contributed by atoms with Gasteiger partial charge in [0.15, 0.2) is 0 Å². The zero-order valence-corrected chi connectivity index (χ0v) is 13.6. The van der Waals surface area contributed by atoms with Gasteiger partial charge in [-0.2, -0.15) is 0 Å². The molecule has 128 valence electrons. The zero-order chi connectivity index (χ0) is 17.5. The number of hydrogen-bond donors (Lipinski definition) is 2. The van der Waals surface area contributed by atoms with Gasteiger partial charge in [0.05, 0.1) is 19.9 Å². The highest BCUT2D eigenvalue weighted by Crippen LogP contribution is 2.28. The van der Waals surface area contributed by atoms with E-state index >= 15 is 0 Å². The summed E-state index contributed by atoms with van der Waals surface area (Å²) in [6.07, 6.45) is 1.81. The quantitative estimate of drug-likeness (QED) is 0.752. The third-order valence-corrected chi connectivity index (χ3v) is 3.51. The second kappa shape index (κ2) is 8.09. The molecule has 1 amide bonds. The fourth-order valence-corrected chi connectivity index (χ4v) is 2.36. The summed E-state index contributed by atoms with van der Waals surface area (Å²) in [5.74, 6) is -0.361. The Morgan fingerprint density at radius 3 is 2.83 bits per heavy atom. The number of para-hydroxylation sites is 1. The van der Waals surface area contributed by atoms with Crippen molar-refractivity contribution in [3.05, 3.63) is 41.7 Å². The predicted octanol–water partition coefficient (Wildman–Crippen LogP) is 1.18. The van der Waals surface area contributed by atoms with Crippen molar-refractivity contribution in [1.29, 1.82) is 0 Å². The first-order valence-corrected chi connectivity index (χ1v) is 7.50. The van der Waals surface area contributed by atoms with Crippen LogP contribution in [-0.2, 0) is 22.7 Å². The van der Waals surface area contributed by atoms with Crippen LogP contribution in [0.25, 0.3) is 0 Å². The molecule has 24 heavy (non-hydrogen) atoms. The molecule has 0 radical (unpaired) electrons. The van der Waals surface area contributed by atoms with Crippen LogP contribution in [0.5, 0.6) is 5.75 Å². The molecule has 2 aromatic rings. The topological polar surface area (TPSA) is 106 Å². The van der Waals surface area contributed by atoms with Gasteiger partial charge in [-0.15, -0.1) is 5.10 Å². The summed E-state index contributed by atoms with van der Waals surface area (Å²) in [6.45, 7) is 1.91. The second-order valence-corrected chi connectivity index (χ2v) is 5.43. The van der Waals surface area contributed by atoms with E-state index < -0.39 is 5.97 Å². The molecule has 2 N–H and O–H groups in total. The van der Waals surface area contributed by atoms with Crippen LogP contribution >= 0.6 is 0 Å². The Kier molecular flexibility index (Phi) is 5.89. The zero-order valence-electron chi connectivity index (χ0n) is 13.6. The van der Waals surface area contributed by atoms with Gasteiger partial charge in [-0.05, 0) is 17.5 Å². The molecule has 2 rings (SSSR count). The molecule has 0 saturated carbocycles. The van der Waals surface area contributed by atoms with Crippen LogP contribution in [0.1, 0.15) is 30.5 Å². The van der Waals surface area contributed by atoms with Crippen molar-refractivity contribution in [2.75, 3.05) is 7.11 Å². The summed E-state index contributed by atoms with van der Waals surface area (Å²) in [7, 11) is 1.60. The molecule has 1 heterocycles. The summed E-state index contributed by atoms with van der Waals surface area (Å²) in [5.41, 5.74) is 1.48. The number of carboxylic acids is 1. The van der Waals surface area contributed by atoms with Gasteiger partial charge < -0.3 is 15.2 Å². The highest BCUT2D eigenvalue weighted by Gasteiger charge is 2.15.